The molecule has 1 aromatic carbocycles. The van der Waals surface area contributed by atoms with Crippen LogP contribution in [0.15, 0.2) is 42.6 Å². The fourth-order valence-corrected chi connectivity index (χ4v) is 2.87. The van der Waals surface area contributed by atoms with E-state index in [0.717, 1.165) is 25.3 Å². The lowest BCUT2D eigenvalue weighted by molar-refractivity contribution is 0.0940. The summed E-state index contributed by atoms with van der Waals surface area (Å²) in [6.45, 7) is 1.64. The van der Waals surface area contributed by atoms with E-state index in [1.807, 2.05) is 18.2 Å². The number of carbonyl (C=O) groups is 1. The number of amides is 1. The van der Waals surface area contributed by atoms with Gasteiger partial charge in [0.25, 0.3) is 5.91 Å². The molecule has 1 aliphatic heterocycles. The molecule has 1 saturated heterocycles. The van der Waals surface area contributed by atoms with Gasteiger partial charge in [0.2, 0.25) is 0 Å². The van der Waals surface area contributed by atoms with Crippen molar-refractivity contribution in [2.24, 2.45) is 0 Å². The lowest BCUT2D eigenvalue weighted by Gasteiger charge is -2.18. The van der Waals surface area contributed by atoms with E-state index < -0.39 is 0 Å². The molecule has 1 amide bonds. The van der Waals surface area contributed by atoms with Crippen LogP contribution in [-0.4, -0.2) is 44.2 Å². The molecule has 0 spiro atoms. The maximum absolute atomic E-state index is 12.5. The molecule has 1 aromatic heterocycles. The van der Waals surface area contributed by atoms with Crippen LogP contribution in [0, 0.1) is 0 Å². The fraction of sp³-hybridized carbons (Fsp3) is 0.333. The van der Waals surface area contributed by atoms with E-state index in [2.05, 4.69) is 15.2 Å². The molecule has 6 heteroatoms. The number of rotatable bonds is 5. The Morgan fingerprint density at radius 1 is 1.21 bits per heavy atom. The van der Waals surface area contributed by atoms with Gasteiger partial charge in [0, 0.05) is 30.9 Å². The number of carbonyl (C=O) groups excluding carboxylic acids is 1. The monoisotopic (exact) mass is 327 g/mol. The van der Waals surface area contributed by atoms with Crippen molar-refractivity contribution in [1.29, 1.82) is 0 Å². The van der Waals surface area contributed by atoms with Gasteiger partial charge in [-0.3, -0.25) is 4.79 Å². The van der Waals surface area contributed by atoms with E-state index in [1.54, 1.807) is 38.6 Å². The van der Waals surface area contributed by atoms with Crippen LogP contribution in [0.3, 0.4) is 0 Å². The first-order valence-electron chi connectivity index (χ1n) is 7.90. The molecule has 1 aliphatic rings. The Bertz CT molecular complexity index is 706. The molecular formula is C18H21N3O3. The van der Waals surface area contributed by atoms with Crippen molar-refractivity contribution in [2.45, 2.75) is 12.5 Å². The van der Waals surface area contributed by atoms with Crippen LogP contribution < -0.4 is 19.7 Å². The number of ether oxygens (including phenoxy) is 2. The maximum Gasteiger partial charge on any atom is 0.251 e. The van der Waals surface area contributed by atoms with Crippen LogP contribution in [0.1, 0.15) is 16.8 Å². The lowest BCUT2D eigenvalue weighted by Crippen LogP contribution is -2.37. The number of benzene rings is 1. The number of hydrogen-bond donors (Lipinski definition) is 1. The molecule has 2 heterocycles. The van der Waals surface area contributed by atoms with Crippen LogP contribution >= 0.6 is 0 Å². The summed E-state index contributed by atoms with van der Waals surface area (Å²) in [4.78, 5) is 19.0. The first-order valence-corrected chi connectivity index (χ1v) is 7.90. The zero-order valence-corrected chi connectivity index (χ0v) is 13.9. The van der Waals surface area contributed by atoms with Crippen molar-refractivity contribution < 1.29 is 14.3 Å². The van der Waals surface area contributed by atoms with E-state index in [4.69, 9.17) is 9.47 Å². The van der Waals surface area contributed by atoms with Gasteiger partial charge in [0.05, 0.1) is 14.2 Å². The smallest absolute Gasteiger partial charge is 0.251 e. The minimum Gasteiger partial charge on any atom is -0.493 e. The highest BCUT2D eigenvalue weighted by atomic mass is 16.5. The summed E-state index contributed by atoms with van der Waals surface area (Å²) in [6, 6.07) is 11.1. The molecule has 2 aromatic rings. The van der Waals surface area contributed by atoms with E-state index >= 15 is 0 Å². The van der Waals surface area contributed by atoms with Crippen molar-refractivity contribution in [1.82, 2.24) is 10.3 Å². The summed E-state index contributed by atoms with van der Waals surface area (Å²) < 4.78 is 10.4. The average molecular weight is 327 g/mol. The molecule has 1 fully saturated rings. The normalized spacial score (nSPS) is 16.8. The minimum absolute atomic E-state index is 0.104. The molecule has 0 aliphatic carbocycles. The zero-order valence-electron chi connectivity index (χ0n) is 13.9. The van der Waals surface area contributed by atoms with E-state index in [-0.39, 0.29) is 11.9 Å². The number of anilines is 1. The first-order chi connectivity index (χ1) is 11.7. The third-order valence-corrected chi connectivity index (χ3v) is 4.14. The number of aromatic nitrogens is 1. The van der Waals surface area contributed by atoms with Crippen molar-refractivity contribution in [2.75, 3.05) is 32.2 Å². The first kappa shape index (κ1) is 16.1. The second kappa shape index (κ2) is 7.21. The Kier molecular flexibility index (Phi) is 4.84. The third-order valence-electron chi connectivity index (χ3n) is 4.14. The van der Waals surface area contributed by atoms with Gasteiger partial charge in [0.15, 0.2) is 11.5 Å². The van der Waals surface area contributed by atoms with E-state index in [0.29, 0.717) is 17.1 Å². The van der Waals surface area contributed by atoms with E-state index in [1.165, 1.54) is 0 Å². The number of pyridine rings is 1. The highest BCUT2D eigenvalue weighted by molar-refractivity contribution is 5.95. The number of nitrogens with zero attached hydrogens (tertiary/aromatic N) is 2. The highest BCUT2D eigenvalue weighted by Crippen LogP contribution is 2.27. The average Bonchev–Trinajstić information content (AvgIpc) is 3.10. The predicted octanol–water partition coefficient (Wildman–Crippen LogP) is 2.11. The van der Waals surface area contributed by atoms with Gasteiger partial charge in [-0.1, -0.05) is 6.07 Å². The van der Waals surface area contributed by atoms with Gasteiger partial charge in [-0.2, -0.15) is 0 Å². The second-order valence-electron chi connectivity index (χ2n) is 5.66. The Labute approximate surface area is 141 Å². The topological polar surface area (TPSA) is 63.7 Å². The molecule has 1 N–H and O–H groups in total. The maximum atomic E-state index is 12.5. The molecule has 3 rings (SSSR count). The van der Waals surface area contributed by atoms with Crippen LogP contribution in [0.2, 0.25) is 0 Å². The third kappa shape index (κ3) is 3.42. The van der Waals surface area contributed by atoms with Gasteiger partial charge in [-0.05, 0) is 36.8 Å². The van der Waals surface area contributed by atoms with Gasteiger partial charge in [-0.25, -0.2) is 4.98 Å². The molecule has 0 radical (unpaired) electrons. The predicted molar refractivity (Wildman–Crippen MR) is 91.9 cm³/mol. The highest BCUT2D eigenvalue weighted by Gasteiger charge is 2.25. The largest absolute Gasteiger partial charge is 0.493 e. The lowest BCUT2D eigenvalue weighted by atomic mass is 10.1. The van der Waals surface area contributed by atoms with Gasteiger partial charge in [-0.15, -0.1) is 0 Å². The van der Waals surface area contributed by atoms with Crippen LogP contribution in [0.4, 0.5) is 5.82 Å². The van der Waals surface area contributed by atoms with Crippen molar-refractivity contribution in [3.63, 3.8) is 0 Å². The summed E-state index contributed by atoms with van der Waals surface area (Å²) in [6.07, 6.45) is 2.68. The second-order valence-corrected chi connectivity index (χ2v) is 5.66. The molecule has 24 heavy (non-hydrogen) atoms. The van der Waals surface area contributed by atoms with Crippen LogP contribution in [0.5, 0.6) is 11.5 Å². The fourth-order valence-electron chi connectivity index (χ4n) is 2.87. The number of nitrogens with one attached hydrogen (secondary N) is 1. The van der Waals surface area contributed by atoms with Crippen LogP contribution in [-0.2, 0) is 0 Å². The van der Waals surface area contributed by atoms with Gasteiger partial charge in [0.1, 0.15) is 5.82 Å². The Morgan fingerprint density at radius 3 is 2.75 bits per heavy atom. The van der Waals surface area contributed by atoms with Crippen molar-refractivity contribution in [3.05, 3.63) is 48.2 Å². The minimum atomic E-state index is -0.108. The summed E-state index contributed by atoms with van der Waals surface area (Å²) >= 11 is 0. The molecular weight excluding hydrogens is 306 g/mol. The Morgan fingerprint density at radius 2 is 2.04 bits per heavy atom. The molecule has 1 unspecified atom stereocenters. The Balaban J connectivity index is 1.63. The Hall–Kier alpha value is -2.76. The van der Waals surface area contributed by atoms with Gasteiger partial charge >= 0.3 is 0 Å². The van der Waals surface area contributed by atoms with Crippen LogP contribution in [0.25, 0.3) is 0 Å². The zero-order chi connectivity index (χ0) is 16.9. The summed E-state index contributed by atoms with van der Waals surface area (Å²) in [5.41, 5.74) is 0.559. The molecule has 0 bridgehead atoms. The summed E-state index contributed by atoms with van der Waals surface area (Å²) in [5, 5.41) is 3.08. The van der Waals surface area contributed by atoms with Crippen molar-refractivity contribution in [3.8, 4) is 11.5 Å². The summed E-state index contributed by atoms with van der Waals surface area (Å²) in [5.74, 6) is 1.99. The quantitative estimate of drug-likeness (QED) is 0.911. The number of methoxy groups -OCH3 is 2. The number of hydrogen-bond acceptors (Lipinski definition) is 5. The summed E-state index contributed by atoms with van der Waals surface area (Å²) in [7, 11) is 3.13. The molecule has 1 atom stereocenters. The molecule has 126 valence electrons. The van der Waals surface area contributed by atoms with Gasteiger partial charge < -0.3 is 19.7 Å². The van der Waals surface area contributed by atoms with E-state index in [9.17, 15) is 4.79 Å². The molecule has 6 nitrogen and oxygen atoms in total. The standard InChI is InChI=1S/C18H21N3O3/c1-23-15-7-6-13(11-16(15)24-2)18(22)20-14-8-10-21(12-14)17-5-3-4-9-19-17/h3-7,9,11,14H,8,10,12H2,1-2H3,(H,20,22). The van der Waals surface area contributed by atoms with Crippen molar-refractivity contribution >= 4 is 11.7 Å². The molecule has 0 saturated carbocycles. The SMILES string of the molecule is COc1ccc(C(=O)NC2CCN(c3ccccn3)C2)cc1OC.